The summed E-state index contributed by atoms with van der Waals surface area (Å²) in [4.78, 5) is 3.89. The number of benzene rings is 1. The highest BCUT2D eigenvalue weighted by Gasteiger charge is 2.16. The molecule has 0 amide bonds. The first-order valence-corrected chi connectivity index (χ1v) is 6.96. The van der Waals surface area contributed by atoms with Crippen LogP contribution in [-0.4, -0.2) is 18.6 Å². The zero-order chi connectivity index (χ0) is 14.0. The van der Waals surface area contributed by atoms with Crippen LogP contribution in [0.5, 0.6) is 5.75 Å². The van der Waals surface area contributed by atoms with Crippen LogP contribution in [0.25, 0.3) is 0 Å². The average Bonchev–Trinajstić information content (AvgIpc) is 2.72. The summed E-state index contributed by atoms with van der Waals surface area (Å²) >= 11 is 0. The van der Waals surface area contributed by atoms with Crippen LogP contribution < -0.4 is 9.88 Å². The lowest BCUT2D eigenvalue weighted by molar-refractivity contribution is 0.237. The first kappa shape index (κ1) is 13.5. The van der Waals surface area contributed by atoms with E-state index in [1.807, 2.05) is 0 Å². The van der Waals surface area contributed by atoms with Crippen LogP contribution >= 0.6 is 0 Å². The molecule has 2 rings (SSSR count). The van der Waals surface area contributed by atoms with Crippen molar-refractivity contribution in [2.24, 2.45) is 5.14 Å². The fourth-order valence-corrected chi connectivity index (χ4v) is 2.25. The van der Waals surface area contributed by atoms with Crippen molar-refractivity contribution in [3.8, 4) is 5.75 Å². The second-order valence-corrected chi connectivity index (χ2v) is 5.55. The lowest BCUT2D eigenvalue weighted by atomic mass is 10.2. The Morgan fingerprint density at radius 1 is 1.37 bits per heavy atom. The minimum Gasteiger partial charge on any atom is -0.482 e. The summed E-state index contributed by atoms with van der Waals surface area (Å²) in [7, 11) is -3.85. The molecule has 0 aliphatic heterocycles. The third-order valence-electron chi connectivity index (χ3n) is 2.33. The van der Waals surface area contributed by atoms with Crippen molar-refractivity contribution < 1.29 is 17.7 Å². The molecule has 0 saturated heterocycles. The first-order chi connectivity index (χ1) is 8.86. The van der Waals surface area contributed by atoms with Gasteiger partial charge in [-0.1, -0.05) is 11.2 Å². The van der Waals surface area contributed by atoms with E-state index in [1.54, 1.807) is 19.9 Å². The lowest BCUT2D eigenvalue weighted by Gasteiger charge is -2.09. The highest BCUT2D eigenvalue weighted by molar-refractivity contribution is 7.89. The topological polar surface area (TPSA) is 108 Å². The van der Waals surface area contributed by atoms with Gasteiger partial charge in [0.05, 0.1) is 0 Å². The van der Waals surface area contributed by atoms with E-state index in [9.17, 15) is 8.42 Å². The molecule has 2 aromatic rings. The van der Waals surface area contributed by atoms with Crippen LogP contribution in [0.1, 0.15) is 17.3 Å². The molecule has 0 atom stereocenters. The van der Waals surface area contributed by atoms with Gasteiger partial charge in [-0.15, -0.1) is 0 Å². The standard InChI is InChI=1S/C11H13N3O4S/c1-7-3-4-9(10(5-7)19(12,15)16)17-6-11-13-8(2)14-18-11/h3-5H,6H2,1-2H3,(H2,12,15,16). The van der Waals surface area contributed by atoms with Crippen LogP contribution in [0.4, 0.5) is 0 Å². The van der Waals surface area contributed by atoms with Gasteiger partial charge in [0.25, 0.3) is 5.89 Å². The van der Waals surface area contributed by atoms with E-state index in [2.05, 4.69) is 10.1 Å². The van der Waals surface area contributed by atoms with Crippen molar-refractivity contribution in [1.82, 2.24) is 10.1 Å². The fourth-order valence-electron chi connectivity index (χ4n) is 1.50. The quantitative estimate of drug-likeness (QED) is 0.893. The maximum atomic E-state index is 11.5. The molecule has 0 saturated carbocycles. The van der Waals surface area contributed by atoms with Crippen molar-refractivity contribution >= 4 is 10.0 Å². The van der Waals surface area contributed by atoms with Gasteiger partial charge >= 0.3 is 0 Å². The molecule has 2 N–H and O–H groups in total. The van der Waals surface area contributed by atoms with Crippen LogP contribution in [-0.2, 0) is 16.6 Å². The minimum absolute atomic E-state index is 0.0214. The number of aromatic nitrogens is 2. The molecule has 1 heterocycles. The molecule has 0 radical (unpaired) electrons. The summed E-state index contributed by atoms with van der Waals surface area (Å²) in [5.74, 6) is 0.900. The lowest BCUT2D eigenvalue weighted by Crippen LogP contribution is -2.14. The molecule has 19 heavy (non-hydrogen) atoms. The van der Waals surface area contributed by atoms with E-state index < -0.39 is 10.0 Å². The summed E-state index contributed by atoms with van der Waals surface area (Å²) in [5.41, 5.74) is 0.769. The maximum Gasteiger partial charge on any atom is 0.264 e. The Hall–Kier alpha value is -1.93. The van der Waals surface area contributed by atoms with Gasteiger partial charge in [-0.3, -0.25) is 0 Å². The highest BCUT2D eigenvalue weighted by atomic mass is 32.2. The van der Waals surface area contributed by atoms with Crippen molar-refractivity contribution in [2.75, 3.05) is 0 Å². The Labute approximate surface area is 110 Å². The van der Waals surface area contributed by atoms with Gasteiger partial charge in [0, 0.05) is 0 Å². The van der Waals surface area contributed by atoms with Crippen molar-refractivity contribution in [3.05, 3.63) is 35.5 Å². The van der Waals surface area contributed by atoms with Gasteiger partial charge in [-0.05, 0) is 31.5 Å². The zero-order valence-electron chi connectivity index (χ0n) is 10.5. The van der Waals surface area contributed by atoms with Crippen molar-refractivity contribution in [2.45, 2.75) is 25.3 Å². The van der Waals surface area contributed by atoms with Crippen LogP contribution in [0.15, 0.2) is 27.6 Å². The van der Waals surface area contributed by atoms with E-state index in [-0.39, 0.29) is 23.1 Å². The third-order valence-corrected chi connectivity index (χ3v) is 3.26. The van der Waals surface area contributed by atoms with Gasteiger partial charge in [0.1, 0.15) is 10.6 Å². The van der Waals surface area contributed by atoms with E-state index in [0.29, 0.717) is 5.82 Å². The number of nitrogens with two attached hydrogens (primary N) is 1. The molecule has 1 aromatic heterocycles. The first-order valence-electron chi connectivity index (χ1n) is 5.42. The molecule has 0 aliphatic rings. The molecular weight excluding hydrogens is 270 g/mol. The molecule has 102 valence electrons. The monoisotopic (exact) mass is 283 g/mol. The number of sulfonamides is 1. The van der Waals surface area contributed by atoms with Crippen molar-refractivity contribution in [1.29, 1.82) is 0 Å². The van der Waals surface area contributed by atoms with Crippen LogP contribution in [0.3, 0.4) is 0 Å². The van der Waals surface area contributed by atoms with Gasteiger partial charge < -0.3 is 9.26 Å². The third kappa shape index (κ3) is 3.30. The Bertz CT molecular complexity index is 694. The predicted molar refractivity (Wildman–Crippen MR) is 65.9 cm³/mol. The molecule has 0 fully saturated rings. The highest BCUT2D eigenvalue weighted by Crippen LogP contribution is 2.24. The molecular formula is C11H13N3O4S. The normalized spacial score (nSPS) is 11.5. The summed E-state index contributed by atoms with van der Waals surface area (Å²) in [6.07, 6.45) is 0. The molecule has 8 heteroatoms. The SMILES string of the molecule is Cc1ccc(OCc2nc(C)no2)c(S(N)(=O)=O)c1. The van der Waals surface area contributed by atoms with Gasteiger partial charge in [0.15, 0.2) is 12.4 Å². The largest absolute Gasteiger partial charge is 0.482 e. The summed E-state index contributed by atoms with van der Waals surface area (Å²) in [6.45, 7) is 3.42. The number of nitrogens with zero attached hydrogens (tertiary/aromatic N) is 2. The van der Waals surface area contributed by atoms with E-state index in [4.69, 9.17) is 14.4 Å². The van der Waals surface area contributed by atoms with E-state index >= 15 is 0 Å². The molecule has 0 bridgehead atoms. The average molecular weight is 283 g/mol. The van der Waals surface area contributed by atoms with Crippen LogP contribution in [0, 0.1) is 13.8 Å². The predicted octanol–water partition coefficient (Wildman–Crippen LogP) is 0.913. The number of hydrogen-bond acceptors (Lipinski definition) is 6. The van der Waals surface area contributed by atoms with Gasteiger partial charge in [-0.2, -0.15) is 4.98 Å². The summed E-state index contributed by atoms with van der Waals surface area (Å²) in [6, 6.07) is 4.71. The number of hydrogen-bond donors (Lipinski definition) is 1. The molecule has 1 aromatic carbocycles. The number of primary sulfonamides is 1. The number of rotatable bonds is 4. The molecule has 0 unspecified atom stereocenters. The Balaban J connectivity index is 2.25. The Kier molecular flexibility index (Phi) is 3.54. The molecule has 0 spiro atoms. The summed E-state index contributed by atoms with van der Waals surface area (Å²) in [5, 5.41) is 8.75. The Morgan fingerprint density at radius 2 is 2.11 bits per heavy atom. The van der Waals surface area contributed by atoms with Crippen LogP contribution in [0.2, 0.25) is 0 Å². The van der Waals surface area contributed by atoms with Crippen molar-refractivity contribution in [3.63, 3.8) is 0 Å². The number of ether oxygens (including phenoxy) is 1. The van der Waals surface area contributed by atoms with Gasteiger partial charge in [0.2, 0.25) is 10.0 Å². The second-order valence-electron chi connectivity index (χ2n) is 4.02. The maximum absolute atomic E-state index is 11.5. The Morgan fingerprint density at radius 3 is 2.68 bits per heavy atom. The van der Waals surface area contributed by atoms with E-state index in [1.165, 1.54) is 12.1 Å². The fraction of sp³-hybridized carbons (Fsp3) is 0.273. The summed E-state index contributed by atoms with van der Waals surface area (Å²) < 4.78 is 33.2. The zero-order valence-corrected chi connectivity index (χ0v) is 11.3. The molecule has 7 nitrogen and oxygen atoms in total. The molecule has 0 aliphatic carbocycles. The van der Waals surface area contributed by atoms with E-state index in [0.717, 1.165) is 5.56 Å². The smallest absolute Gasteiger partial charge is 0.264 e. The minimum atomic E-state index is -3.85. The number of aryl methyl sites for hydroxylation is 2. The second kappa shape index (κ2) is 4.98. The van der Waals surface area contributed by atoms with Gasteiger partial charge in [-0.25, -0.2) is 13.6 Å².